The maximum Gasteiger partial charge on any atom is 0.410 e. The lowest BCUT2D eigenvalue weighted by molar-refractivity contribution is -0.0232. The highest BCUT2D eigenvalue weighted by Crippen LogP contribution is 2.39. The van der Waals surface area contributed by atoms with Gasteiger partial charge in [0.25, 0.3) is 0 Å². The van der Waals surface area contributed by atoms with E-state index in [2.05, 4.69) is 0 Å². The number of nitrogens with zero attached hydrogens (tertiary/aromatic N) is 1. The minimum absolute atomic E-state index is 0.00757. The van der Waals surface area contributed by atoms with E-state index in [4.69, 9.17) is 15.2 Å². The summed E-state index contributed by atoms with van der Waals surface area (Å²) in [5.41, 5.74) is 8.41. The molecule has 1 amide bonds. The van der Waals surface area contributed by atoms with Crippen molar-refractivity contribution < 1.29 is 18.7 Å². The Bertz CT molecular complexity index is 926. The van der Waals surface area contributed by atoms with Gasteiger partial charge in [-0.25, -0.2) is 9.18 Å². The fourth-order valence-electron chi connectivity index (χ4n) is 4.31. The van der Waals surface area contributed by atoms with Crippen molar-refractivity contribution in [3.63, 3.8) is 0 Å². The summed E-state index contributed by atoms with van der Waals surface area (Å²) in [5, 5.41) is 0. The number of carbonyl (C=O) groups is 1. The lowest BCUT2D eigenvalue weighted by atomic mass is 9.84. The molecule has 1 unspecified atom stereocenters. The summed E-state index contributed by atoms with van der Waals surface area (Å²) < 4.78 is 26.9. The zero-order valence-corrected chi connectivity index (χ0v) is 19.6. The van der Waals surface area contributed by atoms with E-state index >= 15 is 4.39 Å². The SMILES string of the molecule is Cc1cccc(-c2c(F)cccc2[C@H](OCCN)C2CCCN(C(=O)OC(C)(C)C)C2)c1. The minimum Gasteiger partial charge on any atom is -0.444 e. The van der Waals surface area contributed by atoms with Crippen LogP contribution in [-0.2, 0) is 9.47 Å². The first-order valence-corrected chi connectivity index (χ1v) is 11.3. The summed E-state index contributed by atoms with van der Waals surface area (Å²) in [6.07, 6.45) is 1.01. The fourth-order valence-corrected chi connectivity index (χ4v) is 4.31. The van der Waals surface area contributed by atoms with E-state index in [1.165, 1.54) is 6.07 Å². The number of ether oxygens (including phenoxy) is 2. The maximum atomic E-state index is 15.1. The summed E-state index contributed by atoms with van der Waals surface area (Å²) in [5.74, 6) is -0.276. The fraction of sp³-hybridized carbons (Fsp3) is 0.500. The van der Waals surface area contributed by atoms with Crippen LogP contribution in [0.4, 0.5) is 9.18 Å². The molecule has 1 aliphatic heterocycles. The molecule has 0 saturated carbocycles. The molecular formula is C26H35FN2O3. The summed E-state index contributed by atoms with van der Waals surface area (Å²) in [7, 11) is 0. The van der Waals surface area contributed by atoms with Gasteiger partial charge in [0.2, 0.25) is 0 Å². The van der Waals surface area contributed by atoms with Gasteiger partial charge < -0.3 is 20.1 Å². The molecule has 0 aromatic heterocycles. The zero-order valence-electron chi connectivity index (χ0n) is 19.6. The second kappa shape index (κ2) is 10.5. The van der Waals surface area contributed by atoms with Gasteiger partial charge >= 0.3 is 6.09 Å². The number of hydrogen-bond donors (Lipinski definition) is 1. The number of likely N-dealkylation sites (tertiary alicyclic amines) is 1. The number of aryl methyl sites for hydroxylation is 1. The number of nitrogens with two attached hydrogens (primary N) is 1. The first-order chi connectivity index (χ1) is 15.2. The third kappa shape index (κ3) is 6.08. The number of rotatable bonds is 6. The molecule has 2 atom stereocenters. The van der Waals surface area contributed by atoms with Gasteiger partial charge in [-0.2, -0.15) is 0 Å². The van der Waals surface area contributed by atoms with Crippen molar-refractivity contribution in [3.05, 3.63) is 59.4 Å². The Morgan fingerprint density at radius 2 is 2.00 bits per heavy atom. The predicted molar refractivity (Wildman–Crippen MR) is 125 cm³/mol. The molecule has 0 spiro atoms. The van der Waals surface area contributed by atoms with Gasteiger partial charge in [-0.3, -0.25) is 0 Å². The molecule has 1 aliphatic rings. The van der Waals surface area contributed by atoms with E-state index in [-0.39, 0.29) is 23.9 Å². The molecule has 174 valence electrons. The molecule has 1 heterocycles. The van der Waals surface area contributed by atoms with E-state index in [0.717, 1.165) is 29.5 Å². The predicted octanol–water partition coefficient (Wildman–Crippen LogP) is 5.46. The third-order valence-corrected chi connectivity index (χ3v) is 5.61. The second-order valence-electron chi connectivity index (χ2n) is 9.48. The molecule has 0 bridgehead atoms. The van der Waals surface area contributed by atoms with Gasteiger partial charge in [0.15, 0.2) is 0 Å². The van der Waals surface area contributed by atoms with Crippen LogP contribution in [0.5, 0.6) is 0 Å². The monoisotopic (exact) mass is 442 g/mol. The van der Waals surface area contributed by atoms with Gasteiger partial charge in [-0.05, 0) is 57.7 Å². The van der Waals surface area contributed by atoms with E-state index in [0.29, 0.717) is 31.8 Å². The quantitative estimate of drug-likeness (QED) is 0.645. The smallest absolute Gasteiger partial charge is 0.410 e. The van der Waals surface area contributed by atoms with E-state index in [9.17, 15) is 4.79 Å². The highest BCUT2D eigenvalue weighted by molar-refractivity contribution is 5.70. The van der Waals surface area contributed by atoms with Crippen molar-refractivity contribution in [1.82, 2.24) is 4.90 Å². The Kier molecular flexibility index (Phi) is 7.91. The largest absolute Gasteiger partial charge is 0.444 e. The van der Waals surface area contributed by atoms with Crippen molar-refractivity contribution in [1.29, 1.82) is 0 Å². The Hall–Kier alpha value is -2.44. The highest BCUT2D eigenvalue weighted by Gasteiger charge is 2.34. The molecule has 2 aromatic carbocycles. The van der Waals surface area contributed by atoms with E-state index in [1.807, 2.05) is 58.0 Å². The first kappa shape index (κ1) is 24.2. The topological polar surface area (TPSA) is 64.8 Å². The van der Waals surface area contributed by atoms with Gasteiger partial charge in [0.05, 0.1) is 12.7 Å². The number of amides is 1. The number of hydrogen-bond acceptors (Lipinski definition) is 4. The number of piperidine rings is 1. The molecule has 0 aliphatic carbocycles. The normalized spacial score (nSPS) is 17.8. The van der Waals surface area contributed by atoms with Crippen LogP contribution in [0.2, 0.25) is 0 Å². The number of benzene rings is 2. The van der Waals surface area contributed by atoms with E-state index in [1.54, 1.807) is 11.0 Å². The molecule has 2 N–H and O–H groups in total. The first-order valence-electron chi connectivity index (χ1n) is 11.3. The summed E-state index contributed by atoms with van der Waals surface area (Å²) in [6.45, 7) is 9.44. The van der Waals surface area contributed by atoms with Crippen molar-refractivity contribution in [2.24, 2.45) is 11.7 Å². The summed E-state index contributed by atoms with van der Waals surface area (Å²) in [6, 6.07) is 13.0. The van der Waals surface area contributed by atoms with Gasteiger partial charge in [0, 0.05) is 31.1 Å². The van der Waals surface area contributed by atoms with E-state index < -0.39 is 5.60 Å². The van der Waals surface area contributed by atoms with Gasteiger partial charge in [-0.1, -0.05) is 42.0 Å². The van der Waals surface area contributed by atoms with Crippen LogP contribution < -0.4 is 5.73 Å². The number of halogens is 1. The van der Waals surface area contributed by atoms with Crippen LogP contribution in [0.15, 0.2) is 42.5 Å². The van der Waals surface area contributed by atoms with Crippen LogP contribution in [-0.4, -0.2) is 42.8 Å². The maximum absolute atomic E-state index is 15.1. The van der Waals surface area contributed by atoms with Crippen molar-refractivity contribution in [3.8, 4) is 11.1 Å². The van der Waals surface area contributed by atoms with Crippen LogP contribution >= 0.6 is 0 Å². The third-order valence-electron chi connectivity index (χ3n) is 5.61. The Balaban J connectivity index is 1.95. The van der Waals surface area contributed by atoms with Crippen LogP contribution in [0.25, 0.3) is 11.1 Å². The standard InChI is InChI=1S/C26H35FN2O3/c1-18-8-5-9-19(16-18)23-21(11-6-12-22(23)27)24(31-15-13-28)20-10-7-14-29(17-20)25(30)32-26(2,3)4/h5-6,8-9,11-12,16,20,24H,7,10,13-15,17,28H2,1-4H3/t20?,24-/m1/s1. The average molecular weight is 443 g/mol. The van der Waals surface area contributed by atoms with Crippen LogP contribution in [0, 0.1) is 18.7 Å². The molecule has 3 rings (SSSR count). The molecular weight excluding hydrogens is 407 g/mol. The lowest BCUT2D eigenvalue weighted by Crippen LogP contribution is -2.44. The zero-order chi connectivity index (χ0) is 23.3. The van der Waals surface area contributed by atoms with Gasteiger partial charge in [0.1, 0.15) is 11.4 Å². The molecule has 6 heteroatoms. The second-order valence-corrected chi connectivity index (χ2v) is 9.48. The van der Waals surface area contributed by atoms with Crippen molar-refractivity contribution >= 4 is 6.09 Å². The Morgan fingerprint density at radius 1 is 1.25 bits per heavy atom. The molecule has 0 radical (unpaired) electrons. The highest BCUT2D eigenvalue weighted by atomic mass is 19.1. The summed E-state index contributed by atoms with van der Waals surface area (Å²) in [4.78, 5) is 14.4. The average Bonchev–Trinajstić information content (AvgIpc) is 2.73. The molecule has 1 saturated heterocycles. The Labute approximate surface area is 190 Å². The van der Waals surface area contributed by atoms with Gasteiger partial charge in [-0.15, -0.1) is 0 Å². The molecule has 2 aromatic rings. The molecule has 5 nitrogen and oxygen atoms in total. The van der Waals surface area contributed by atoms with Crippen molar-refractivity contribution in [2.75, 3.05) is 26.2 Å². The lowest BCUT2D eigenvalue weighted by Gasteiger charge is -2.38. The van der Waals surface area contributed by atoms with Crippen molar-refractivity contribution in [2.45, 2.75) is 52.2 Å². The summed E-state index contributed by atoms with van der Waals surface area (Å²) >= 11 is 0. The molecule has 1 fully saturated rings. The number of carbonyl (C=O) groups excluding carboxylic acids is 1. The molecule has 32 heavy (non-hydrogen) atoms. The minimum atomic E-state index is -0.555. The van der Waals surface area contributed by atoms with Crippen LogP contribution in [0.1, 0.15) is 50.8 Å². The van der Waals surface area contributed by atoms with Crippen LogP contribution in [0.3, 0.4) is 0 Å². The Morgan fingerprint density at radius 3 is 2.69 bits per heavy atom.